The van der Waals surface area contributed by atoms with Crippen LogP contribution in [0.2, 0.25) is 5.02 Å². The third kappa shape index (κ3) is 3.54. The van der Waals surface area contributed by atoms with Crippen molar-refractivity contribution in [1.82, 2.24) is 4.98 Å². The van der Waals surface area contributed by atoms with Crippen molar-refractivity contribution in [3.8, 4) is 17.0 Å². The molecule has 0 atom stereocenters. The van der Waals surface area contributed by atoms with E-state index in [4.69, 9.17) is 11.6 Å². The molecule has 1 aromatic heterocycles. The first kappa shape index (κ1) is 19.3. The average molecular weight is 385 g/mol. The number of anilines is 1. The molecule has 3 aromatic rings. The fourth-order valence-corrected chi connectivity index (χ4v) is 3.63. The van der Waals surface area contributed by atoms with Crippen LogP contribution in [0.15, 0.2) is 24.3 Å². The first-order valence-electron chi connectivity index (χ1n) is 8.93. The summed E-state index contributed by atoms with van der Waals surface area (Å²) in [7, 11) is 0. The summed E-state index contributed by atoms with van der Waals surface area (Å²) in [5.74, 6) is 0.185. The molecule has 0 unspecified atom stereocenters. The van der Waals surface area contributed by atoms with Crippen LogP contribution in [-0.4, -0.2) is 16.0 Å². The predicted octanol–water partition coefficient (Wildman–Crippen LogP) is 6.07. The van der Waals surface area contributed by atoms with Crippen LogP contribution in [0.1, 0.15) is 44.4 Å². The number of benzene rings is 2. The van der Waals surface area contributed by atoms with E-state index in [9.17, 15) is 9.90 Å². The minimum Gasteiger partial charge on any atom is -0.507 e. The van der Waals surface area contributed by atoms with E-state index in [0.717, 1.165) is 38.9 Å². The van der Waals surface area contributed by atoms with Crippen LogP contribution in [0, 0.1) is 13.8 Å². The molecule has 3 N–H and O–H groups in total. The second-order valence-electron chi connectivity index (χ2n) is 8.12. The summed E-state index contributed by atoms with van der Waals surface area (Å²) < 4.78 is 0. The van der Waals surface area contributed by atoms with Crippen LogP contribution >= 0.6 is 11.6 Å². The number of hydrogen-bond donors (Lipinski definition) is 3. The Labute approximate surface area is 164 Å². The predicted molar refractivity (Wildman–Crippen MR) is 113 cm³/mol. The normalized spacial score (nSPS) is 11.8. The lowest BCUT2D eigenvalue weighted by molar-refractivity contribution is -0.114. The number of rotatable bonds is 2. The van der Waals surface area contributed by atoms with Gasteiger partial charge in [-0.15, -0.1) is 0 Å². The Hall–Kier alpha value is -2.46. The standard InChI is InChI=1S/C22H25ClN2O2/c1-11-7-14(8-16(21(11)27)22(4,5)6)20-12(2)15-9-19(24-13(3)26)17(23)10-18(15)25-20/h7-10,25,27H,1-6H3,(H,24,26). The third-order valence-electron chi connectivity index (χ3n) is 4.85. The van der Waals surface area contributed by atoms with E-state index in [0.29, 0.717) is 16.5 Å². The highest BCUT2D eigenvalue weighted by Crippen LogP contribution is 2.40. The molecule has 4 nitrogen and oxygen atoms in total. The zero-order chi connectivity index (χ0) is 20.1. The molecule has 5 heteroatoms. The van der Waals surface area contributed by atoms with Crippen LogP contribution < -0.4 is 5.32 Å². The van der Waals surface area contributed by atoms with Gasteiger partial charge in [-0.3, -0.25) is 4.79 Å². The molecule has 0 radical (unpaired) electrons. The van der Waals surface area contributed by atoms with Gasteiger partial charge in [-0.1, -0.05) is 32.4 Å². The first-order valence-corrected chi connectivity index (χ1v) is 9.30. The molecule has 0 bridgehead atoms. The second-order valence-corrected chi connectivity index (χ2v) is 8.53. The van der Waals surface area contributed by atoms with Gasteiger partial charge in [0.2, 0.25) is 5.91 Å². The highest BCUT2D eigenvalue weighted by atomic mass is 35.5. The van der Waals surface area contributed by atoms with Crippen LogP contribution in [0.25, 0.3) is 22.2 Å². The van der Waals surface area contributed by atoms with Crippen molar-refractivity contribution in [2.45, 2.75) is 47.0 Å². The van der Waals surface area contributed by atoms with Crippen molar-refractivity contribution in [2.75, 3.05) is 5.32 Å². The molecule has 0 saturated heterocycles. The lowest BCUT2D eigenvalue weighted by Gasteiger charge is -2.22. The van der Waals surface area contributed by atoms with Crippen molar-refractivity contribution in [3.05, 3.63) is 46.0 Å². The maximum Gasteiger partial charge on any atom is 0.221 e. The highest BCUT2D eigenvalue weighted by molar-refractivity contribution is 6.34. The Balaban J connectivity index is 2.22. The third-order valence-corrected chi connectivity index (χ3v) is 5.17. The number of hydrogen-bond acceptors (Lipinski definition) is 2. The van der Waals surface area contributed by atoms with Crippen LogP contribution in [-0.2, 0) is 10.2 Å². The van der Waals surface area contributed by atoms with Gasteiger partial charge in [-0.2, -0.15) is 0 Å². The average Bonchev–Trinajstić information content (AvgIpc) is 2.85. The number of aryl methyl sites for hydroxylation is 2. The van der Waals surface area contributed by atoms with Crippen molar-refractivity contribution in [3.63, 3.8) is 0 Å². The van der Waals surface area contributed by atoms with Crippen LogP contribution in [0.5, 0.6) is 5.75 Å². The van der Waals surface area contributed by atoms with Gasteiger partial charge in [0.15, 0.2) is 0 Å². The molecule has 0 aliphatic carbocycles. The number of aromatic nitrogens is 1. The number of fused-ring (bicyclic) bond motifs is 1. The number of aromatic hydroxyl groups is 1. The van der Waals surface area contributed by atoms with E-state index >= 15 is 0 Å². The molecule has 0 saturated carbocycles. The number of H-pyrrole nitrogens is 1. The Morgan fingerprint density at radius 1 is 1.15 bits per heavy atom. The minimum absolute atomic E-state index is 0.159. The Morgan fingerprint density at radius 2 is 1.81 bits per heavy atom. The van der Waals surface area contributed by atoms with Gasteiger partial charge in [0.1, 0.15) is 5.75 Å². The molecule has 2 aromatic carbocycles. The number of phenols is 1. The Kier molecular flexibility index (Phi) is 4.73. The van der Waals surface area contributed by atoms with E-state index in [1.165, 1.54) is 6.92 Å². The van der Waals surface area contributed by atoms with E-state index in [1.807, 2.05) is 38.1 Å². The SMILES string of the molecule is CC(=O)Nc1cc2c(C)c(-c3cc(C)c(O)c(C(C)(C)C)c3)[nH]c2cc1Cl. The maximum atomic E-state index is 11.4. The van der Waals surface area contributed by atoms with Gasteiger partial charge in [0, 0.05) is 29.1 Å². The Morgan fingerprint density at radius 3 is 2.41 bits per heavy atom. The monoisotopic (exact) mass is 384 g/mol. The largest absolute Gasteiger partial charge is 0.507 e. The minimum atomic E-state index is -0.174. The van der Waals surface area contributed by atoms with Gasteiger partial charge in [0.05, 0.1) is 10.7 Å². The van der Waals surface area contributed by atoms with Crippen LogP contribution in [0.3, 0.4) is 0 Å². The summed E-state index contributed by atoms with van der Waals surface area (Å²) in [5, 5.41) is 14.8. The lowest BCUT2D eigenvalue weighted by Crippen LogP contribution is -2.12. The smallest absolute Gasteiger partial charge is 0.221 e. The van der Waals surface area contributed by atoms with Crippen LogP contribution in [0.4, 0.5) is 5.69 Å². The molecule has 3 rings (SSSR count). The van der Waals surface area contributed by atoms with Crippen molar-refractivity contribution in [2.24, 2.45) is 0 Å². The Bertz CT molecular complexity index is 1060. The molecular weight excluding hydrogens is 360 g/mol. The van der Waals surface area contributed by atoms with Crippen molar-refractivity contribution in [1.29, 1.82) is 0 Å². The number of amides is 1. The number of phenolic OH excluding ortho intramolecular Hbond substituents is 1. The number of halogens is 1. The zero-order valence-corrected chi connectivity index (χ0v) is 17.3. The van der Waals surface area contributed by atoms with Gasteiger partial charge >= 0.3 is 0 Å². The molecular formula is C22H25ClN2O2. The summed E-state index contributed by atoms with van der Waals surface area (Å²) >= 11 is 6.32. The number of nitrogens with one attached hydrogen (secondary N) is 2. The zero-order valence-electron chi connectivity index (χ0n) is 16.5. The maximum absolute atomic E-state index is 11.4. The summed E-state index contributed by atoms with van der Waals surface area (Å²) in [4.78, 5) is 14.9. The fourth-order valence-electron chi connectivity index (χ4n) is 3.42. The molecule has 0 aliphatic rings. The molecule has 142 valence electrons. The molecule has 1 amide bonds. The number of aromatic amines is 1. The summed E-state index contributed by atoms with van der Waals surface area (Å²) in [6.45, 7) is 11.7. The van der Waals surface area contributed by atoms with Crippen molar-refractivity contribution >= 4 is 34.1 Å². The number of carbonyl (C=O) groups is 1. The van der Waals surface area contributed by atoms with E-state index in [-0.39, 0.29) is 11.3 Å². The van der Waals surface area contributed by atoms with Gasteiger partial charge < -0.3 is 15.4 Å². The van der Waals surface area contributed by atoms with Gasteiger partial charge in [0.25, 0.3) is 0 Å². The molecule has 0 fully saturated rings. The van der Waals surface area contributed by atoms with E-state index in [1.54, 1.807) is 0 Å². The van der Waals surface area contributed by atoms with E-state index < -0.39 is 0 Å². The second kappa shape index (κ2) is 6.61. The van der Waals surface area contributed by atoms with Crippen molar-refractivity contribution < 1.29 is 9.90 Å². The topological polar surface area (TPSA) is 65.1 Å². The lowest BCUT2D eigenvalue weighted by atomic mass is 9.83. The summed E-state index contributed by atoms with van der Waals surface area (Å²) in [6, 6.07) is 7.75. The van der Waals surface area contributed by atoms with Gasteiger partial charge in [-0.05, 0) is 60.2 Å². The summed E-state index contributed by atoms with van der Waals surface area (Å²) in [6.07, 6.45) is 0. The van der Waals surface area contributed by atoms with Gasteiger partial charge in [-0.25, -0.2) is 0 Å². The molecule has 1 heterocycles. The van der Waals surface area contributed by atoms with E-state index in [2.05, 4.69) is 31.1 Å². The summed E-state index contributed by atoms with van der Waals surface area (Å²) in [5.41, 5.74) is 6.15. The fraction of sp³-hybridized carbons (Fsp3) is 0.318. The molecule has 0 spiro atoms. The number of carbonyl (C=O) groups excluding carboxylic acids is 1. The quantitative estimate of drug-likeness (QED) is 0.502. The highest BCUT2D eigenvalue weighted by Gasteiger charge is 2.22. The molecule has 0 aliphatic heterocycles. The first-order chi connectivity index (χ1) is 12.5. The molecule has 27 heavy (non-hydrogen) atoms.